The summed E-state index contributed by atoms with van der Waals surface area (Å²) >= 11 is 0. The van der Waals surface area contributed by atoms with Gasteiger partial charge in [0.2, 0.25) is 5.95 Å². The predicted octanol–water partition coefficient (Wildman–Crippen LogP) is 3.35. The Hall–Kier alpha value is -3.69. The SMILES string of the molecule is COc1ccc(NC(=O)O[C@@H]2CO[C@H]3[C@@H]2OC[C@@H]3Nc2nccc(-c3ccccc3)n2)cc1. The Balaban J connectivity index is 1.18. The zero-order valence-electron chi connectivity index (χ0n) is 18.0. The fourth-order valence-corrected chi connectivity index (χ4v) is 4.01. The van der Waals surface area contributed by atoms with E-state index in [0.717, 1.165) is 11.3 Å². The van der Waals surface area contributed by atoms with Gasteiger partial charge >= 0.3 is 6.09 Å². The van der Waals surface area contributed by atoms with Gasteiger partial charge in [-0.2, -0.15) is 0 Å². The van der Waals surface area contributed by atoms with Gasteiger partial charge in [0.1, 0.15) is 18.0 Å². The number of carbonyl (C=O) groups excluding carboxylic acids is 1. The van der Waals surface area contributed by atoms with Crippen molar-refractivity contribution < 1.29 is 23.7 Å². The molecule has 9 heteroatoms. The summed E-state index contributed by atoms with van der Waals surface area (Å²) in [5.74, 6) is 1.20. The van der Waals surface area contributed by atoms with E-state index in [1.165, 1.54) is 0 Å². The van der Waals surface area contributed by atoms with Crippen molar-refractivity contribution >= 4 is 17.7 Å². The smallest absolute Gasteiger partial charge is 0.412 e. The summed E-state index contributed by atoms with van der Waals surface area (Å²) in [5, 5.41) is 6.02. The van der Waals surface area contributed by atoms with Gasteiger partial charge in [-0.15, -0.1) is 0 Å². The number of fused-ring (bicyclic) bond motifs is 1. The Labute approximate surface area is 191 Å². The molecule has 2 N–H and O–H groups in total. The Kier molecular flexibility index (Phi) is 6.05. The molecule has 2 fully saturated rings. The lowest BCUT2D eigenvalue weighted by atomic mass is 10.1. The highest BCUT2D eigenvalue weighted by Crippen LogP contribution is 2.31. The first kappa shape index (κ1) is 21.2. The zero-order valence-corrected chi connectivity index (χ0v) is 18.0. The van der Waals surface area contributed by atoms with Crippen LogP contribution in [0.4, 0.5) is 16.4 Å². The van der Waals surface area contributed by atoms with Crippen LogP contribution in [0.5, 0.6) is 5.75 Å². The maximum atomic E-state index is 12.3. The number of anilines is 2. The number of aromatic nitrogens is 2. The molecule has 170 valence electrons. The van der Waals surface area contributed by atoms with E-state index in [1.807, 2.05) is 36.4 Å². The standard InChI is InChI=1S/C24H24N4O5/c1-30-17-9-7-16(8-10-17)26-24(29)33-20-14-32-21-19(13-31-22(20)21)28-23-25-12-11-18(27-23)15-5-3-2-4-6-15/h2-12,19-22H,13-14H2,1H3,(H,26,29)(H,25,27,28)/t19-,20+,21+,22+/m0/s1. The van der Waals surface area contributed by atoms with Gasteiger partial charge in [-0.05, 0) is 30.3 Å². The molecule has 4 atom stereocenters. The van der Waals surface area contributed by atoms with Crippen LogP contribution in [0, 0.1) is 0 Å². The average Bonchev–Trinajstić information content (AvgIpc) is 3.43. The van der Waals surface area contributed by atoms with E-state index in [4.69, 9.17) is 18.9 Å². The van der Waals surface area contributed by atoms with Gasteiger partial charge < -0.3 is 24.3 Å². The molecule has 2 aromatic carbocycles. The molecule has 2 aliphatic heterocycles. The molecular weight excluding hydrogens is 424 g/mol. The second kappa shape index (κ2) is 9.43. The Morgan fingerprint density at radius 1 is 1.00 bits per heavy atom. The van der Waals surface area contributed by atoms with E-state index < -0.39 is 12.2 Å². The molecule has 3 aromatic rings. The highest BCUT2D eigenvalue weighted by Gasteiger charge is 2.49. The number of nitrogens with zero attached hydrogens (tertiary/aromatic N) is 2. The fraction of sp³-hybridized carbons (Fsp3) is 0.292. The monoisotopic (exact) mass is 448 g/mol. The van der Waals surface area contributed by atoms with Gasteiger partial charge in [0.15, 0.2) is 6.10 Å². The van der Waals surface area contributed by atoms with Crippen molar-refractivity contribution in [2.45, 2.75) is 24.4 Å². The van der Waals surface area contributed by atoms with E-state index >= 15 is 0 Å². The lowest BCUT2D eigenvalue weighted by Crippen LogP contribution is -2.38. The number of hydrogen-bond acceptors (Lipinski definition) is 8. The first-order chi connectivity index (χ1) is 16.2. The number of hydrogen-bond donors (Lipinski definition) is 2. The normalized spacial score (nSPS) is 23.5. The van der Waals surface area contributed by atoms with Crippen LogP contribution in [0.2, 0.25) is 0 Å². The zero-order chi connectivity index (χ0) is 22.6. The number of carbonyl (C=O) groups is 1. The van der Waals surface area contributed by atoms with Crippen molar-refractivity contribution in [2.24, 2.45) is 0 Å². The summed E-state index contributed by atoms with van der Waals surface area (Å²) in [4.78, 5) is 21.3. The van der Waals surface area contributed by atoms with Crippen molar-refractivity contribution in [2.75, 3.05) is 31.0 Å². The van der Waals surface area contributed by atoms with Gasteiger partial charge in [0, 0.05) is 17.4 Å². The number of benzene rings is 2. The summed E-state index contributed by atoms with van der Waals surface area (Å²) in [6.45, 7) is 0.655. The van der Waals surface area contributed by atoms with Gasteiger partial charge in [-0.3, -0.25) is 5.32 Å². The van der Waals surface area contributed by atoms with E-state index in [1.54, 1.807) is 37.6 Å². The lowest BCUT2D eigenvalue weighted by Gasteiger charge is -2.18. The van der Waals surface area contributed by atoms with Crippen LogP contribution < -0.4 is 15.4 Å². The van der Waals surface area contributed by atoms with Gasteiger partial charge in [-0.25, -0.2) is 14.8 Å². The molecule has 0 saturated carbocycles. The van der Waals surface area contributed by atoms with Crippen LogP contribution in [0.15, 0.2) is 66.9 Å². The highest BCUT2D eigenvalue weighted by atomic mass is 16.6. The van der Waals surface area contributed by atoms with Crippen LogP contribution in [0.1, 0.15) is 0 Å². The molecule has 0 radical (unpaired) electrons. The third-order valence-electron chi connectivity index (χ3n) is 5.64. The topological polar surface area (TPSA) is 104 Å². The molecule has 0 bridgehead atoms. The molecule has 0 unspecified atom stereocenters. The predicted molar refractivity (Wildman–Crippen MR) is 121 cm³/mol. The molecule has 1 aromatic heterocycles. The summed E-state index contributed by atoms with van der Waals surface area (Å²) in [7, 11) is 1.59. The van der Waals surface area contributed by atoms with Gasteiger partial charge in [0.05, 0.1) is 32.1 Å². The maximum Gasteiger partial charge on any atom is 0.412 e. The van der Waals surface area contributed by atoms with E-state index in [9.17, 15) is 4.79 Å². The van der Waals surface area contributed by atoms with Crippen molar-refractivity contribution in [3.63, 3.8) is 0 Å². The molecule has 33 heavy (non-hydrogen) atoms. The number of nitrogens with one attached hydrogen (secondary N) is 2. The summed E-state index contributed by atoms with van der Waals surface area (Å²) < 4.78 is 22.5. The maximum absolute atomic E-state index is 12.3. The molecule has 5 rings (SSSR count). The number of methoxy groups -OCH3 is 1. The minimum absolute atomic E-state index is 0.153. The molecule has 0 spiro atoms. The van der Waals surface area contributed by atoms with Crippen molar-refractivity contribution in [3.05, 3.63) is 66.9 Å². The molecule has 1 amide bonds. The van der Waals surface area contributed by atoms with Crippen LogP contribution in [0.25, 0.3) is 11.3 Å². The van der Waals surface area contributed by atoms with E-state index in [-0.39, 0.29) is 24.9 Å². The minimum Gasteiger partial charge on any atom is -0.497 e. The first-order valence-corrected chi connectivity index (χ1v) is 10.7. The van der Waals surface area contributed by atoms with E-state index in [2.05, 4.69) is 20.6 Å². The second-order valence-electron chi connectivity index (χ2n) is 7.78. The van der Waals surface area contributed by atoms with Crippen LogP contribution in [-0.2, 0) is 14.2 Å². The quantitative estimate of drug-likeness (QED) is 0.592. The minimum atomic E-state index is -0.562. The fourth-order valence-electron chi connectivity index (χ4n) is 4.01. The average molecular weight is 448 g/mol. The van der Waals surface area contributed by atoms with Gasteiger partial charge in [0.25, 0.3) is 0 Å². The Bertz CT molecular complexity index is 1100. The molecule has 3 heterocycles. The molecular formula is C24H24N4O5. The largest absolute Gasteiger partial charge is 0.497 e. The van der Waals surface area contributed by atoms with Gasteiger partial charge in [-0.1, -0.05) is 30.3 Å². The third-order valence-corrected chi connectivity index (χ3v) is 5.64. The summed E-state index contributed by atoms with van der Waals surface area (Å²) in [6.07, 6.45) is 0.0229. The summed E-state index contributed by atoms with van der Waals surface area (Å²) in [6, 6.07) is 18.6. The molecule has 2 aliphatic rings. The second-order valence-corrected chi connectivity index (χ2v) is 7.78. The Morgan fingerprint density at radius 2 is 1.79 bits per heavy atom. The molecule has 0 aliphatic carbocycles. The van der Waals surface area contributed by atoms with Crippen molar-refractivity contribution in [3.8, 4) is 17.0 Å². The van der Waals surface area contributed by atoms with Crippen molar-refractivity contribution in [1.29, 1.82) is 0 Å². The van der Waals surface area contributed by atoms with Crippen LogP contribution in [0.3, 0.4) is 0 Å². The first-order valence-electron chi connectivity index (χ1n) is 10.7. The number of amides is 1. The van der Waals surface area contributed by atoms with Crippen molar-refractivity contribution in [1.82, 2.24) is 9.97 Å². The summed E-state index contributed by atoms with van der Waals surface area (Å²) in [5.41, 5.74) is 2.45. The number of ether oxygens (including phenoxy) is 4. The highest BCUT2D eigenvalue weighted by molar-refractivity contribution is 5.84. The lowest BCUT2D eigenvalue weighted by molar-refractivity contribution is 0.00917. The van der Waals surface area contributed by atoms with Crippen LogP contribution in [-0.4, -0.2) is 60.7 Å². The third kappa shape index (κ3) is 4.74. The Morgan fingerprint density at radius 3 is 2.58 bits per heavy atom. The van der Waals surface area contributed by atoms with Crippen LogP contribution >= 0.6 is 0 Å². The number of rotatable bonds is 6. The molecule has 9 nitrogen and oxygen atoms in total. The van der Waals surface area contributed by atoms with E-state index in [0.29, 0.717) is 24.0 Å². The molecule has 2 saturated heterocycles.